The number of aromatic nitrogens is 1. The number of halogens is 1. The number of hydrogen-bond acceptors (Lipinski definition) is 3. The van der Waals surface area contributed by atoms with Gasteiger partial charge >= 0.3 is 0 Å². The van der Waals surface area contributed by atoms with Crippen molar-refractivity contribution in [3.8, 4) is 0 Å². The molecule has 5 heteroatoms. The summed E-state index contributed by atoms with van der Waals surface area (Å²) in [6, 6.07) is 11.9. The molecule has 104 valence electrons. The zero-order valence-electron chi connectivity index (χ0n) is 11.1. The smallest absolute Gasteiger partial charge is 0.235 e. The lowest BCUT2D eigenvalue weighted by Crippen LogP contribution is -2.15. The Morgan fingerprint density at radius 1 is 1.35 bits per heavy atom. The van der Waals surface area contributed by atoms with Gasteiger partial charge in [0, 0.05) is 16.4 Å². The second-order valence-corrected chi connectivity index (χ2v) is 6.29. The Bertz CT molecular complexity index is 587. The van der Waals surface area contributed by atoms with Crippen LogP contribution in [-0.2, 0) is 10.5 Å². The maximum atomic E-state index is 11.8. The van der Waals surface area contributed by atoms with Crippen LogP contribution in [0.5, 0.6) is 0 Å². The fourth-order valence-electron chi connectivity index (χ4n) is 1.69. The molecule has 0 saturated heterocycles. The second-order valence-electron chi connectivity index (χ2n) is 4.39. The van der Waals surface area contributed by atoms with Crippen LogP contribution in [0.4, 0.5) is 5.82 Å². The third-order valence-corrected chi connectivity index (χ3v) is 4.05. The molecule has 0 aliphatic rings. The fraction of sp³-hybridized carbons (Fsp3) is 0.200. The number of nitrogens with one attached hydrogen (secondary N) is 1. The van der Waals surface area contributed by atoms with Crippen molar-refractivity contribution in [2.45, 2.75) is 12.7 Å². The Kier molecular flexibility index (Phi) is 5.61. The minimum absolute atomic E-state index is 0.0301. The summed E-state index contributed by atoms with van der Waals surface area (Å²) < 4.78 is 0.893. The number of carbonyl (C=O) groups is 1. The van der Waals surface area contributed by atoms with Crippen molar-refractivity contribution in [3.05, 3.63) is 58.2 Å². The molecule has 2 rings (SSSR count). The summed E-state index contributed by atoms with van der Waals surface area (Å²) in [6.07, 6.45) is 1.66. The summed E-state index contributed by atoms with van der Waals surface area (Å²) in [6.45, 7) is 2.07. The summed E-state index contributed by atoms with van der Waals surface area (Å²) >= 11 is 4.90. The van der Waals surface area contributed by atoms with Crippen molar-refractivity contribution in [1.82, 2.24) is 4.98 Å². The number of thioether (sulfide) groups is 1. The third-order valence-electron chi connectivity index (χ3n) is 2.58. The molecule has 2 aromatic rings. The molecule has 0 aliphatic heterocycles. The van der Waals surface area contributed by atoms with Gasteiger partial charge in [-0.1, -0.05) is 29.8 Å². The SMILES string of the molecule is Cc1cccc(CSCC(=O)Nc2ccc(Br)cn2)c1. The Labute approximate surface area is 131 Å². The van der Waals surface area contributed by atoms with E-state index in [2.05, 4.69) is 51.4 Å². The van der Waals surface area contributed by atoms with Gasteiger partial charge in [0.2, 0.25) is 5.91 Å². The van der Waals surface area contributed by atoms with Crippen LogP contribution in [0, 0.1) is 6.92 Å². The maximum Gasteiger partial charge on any atom is 0.235 e. The molecule has 1 amide bonds. The molecule has 0 spiro atoms. The van der Waals surface area contributed by atoms with E-state index in [1.54, 1.807) is 24.0 Å². The van der Waals surface area contributed by atoms with Crippen LogP contribution in [0.1, 0.15) is 11.1 Å². The topological polar surface area (TPSA) is 42.0 Å². The summed E-state index contributed by atoms with van der Waals surface area (Å²) in [4.78, 5) is 15.9. The molecule has 0 atom stereocenters. The average molecular weight is 351 g/mol. The second kappa shape index (κ2) is 7.45. The van der Waals surface area contributed by atoms with Crippen molar-refractivity contribution in [2.24, 2.45) is 0 Å². The van der Waals surface area contributed by atoms with Crippen LogP contribution in [-0.4, -0.2) is 16.6 Å². The first kappa shape index (κ1) is 15.1. The van der Waals surface area contributed by atoms with Gasteiger partial charge in [0.05, 0.1) is 5.75 Å². The molecule has 0 saturated carbocycles. The number of carbonyl (C=O) groups excluding carboxylic acids is 1. The molecule has 0 aliphatic carbocycles. The number of rotatable bonds is 5. The van der Waals surface area contributed by atoms with E-state index in [0.717, 1.165) is 10.2 Å². The molecular weight excluding hydrogens is 336 g/mol. The Balaban J connectivity index is 1.76. The molecule has 1 heterocycles. The van der Waals surface area contributed by atoms with E-state index < -0.39 is 0 Å². The number of anilines is 1. The van der Waals surface area contributed by atoms with E-state index in [1.807, 2.05) is 12.1 Å². The minimum Gasteiger partial charge on any atom is -0.310 e. The highest BCUT2D eigenvalue weighted by Gasteiger charge is 2.04. The molecule has 0 radical (unpaired) electrons. The van der Waals surface area contributed by atoms with E-state index in [9.17, 15) is 4.79 Å². The van der Waals surface area contributed by atoms with Gasteiger partial charge in [-0.05, 0) is 40.5 Å². The minimum atomic E-state index is -0.0301. The van der Waals surface area contributed by atoms with Gasteiger partial charge in [0.1, 0.15) is 5.82 Å². The van der Waals surface area contributed by atoms with Gasteiger partial charge in [0.15, 0.2) is 0 Å². The molecule has 0 fully saturated rings. The quantitative estimate of drug-likeness (QED) is 0.885. The summed E-state index contributed by atoms with van der Waals surface area (Å²) in [5, 5.41) is 2.78. The van der Waals surface area contributed by atoms with E-state index in [0.29, 0.717) is 11.6 Å². The van der Waals surface area contributed by atoms with Crippen molar-refractivity contribution < 1.29 is 4.79 Å². The molecular formula is C15H15BrN2OS. The zero-order chi connectivity index (χ0) is 14.4. The van der Waals surface area contributed by atoms with Crippen LogP contribution >= 0.6 is 27.7 Å². The normalized spacial score (nSPS) is 10.3. The fourth-order valence-corrected chi connectivity index (χ4v) is 2.70. The molecule has 0 bridgehead atoms. The van der Waals surface area contributed by atoms with Crippen LogP contribution in [0.25, 0.3) is 0 Å². The van der Waals surface area contributed by atoms with Gasteiger partial charge in [-0.15, -0.1) is 11.8 Å². The standard InChI is InChI=1S/C15H15BrN2OS/c1-11-3-2-4-12(7-11)9-20-10-15(19)18-14-6-5-13(16)8-17-14/h2-8H,9-10H2,1H3,(H,17,18,19). The highest BCUT2D eigenvalue weighted by atomic mass is 79.9. The van der Waals surface area contributed by atoms with E-state index in [4.69, 9.17) is 0 Å². The molecule has 3 nitrogen and oxygen atoms in total. The zero-order valence-corrected chi connectivity index (χ0v) is 13.5. The number of benzene rings is 1. The first-order valence-electron chi connectivity index (χ1n) is 6.18. The number of aryl methyl sites for hydroxylation is 1. The first-order chi connectivity index (χ1) is 9.63. The van der Waals surface area contributed by atoms with Crippen molar-refractivity contribution >= 4 is 39.4 Å². The van der Waals surface area contributed by atoms with Gasteiger partial charge < -0.3 is 5.32 Å². The van der Waals surface area contributed by atoms with Crippen LogP contribution in [0.3, 0.4) is 0 Å². The largest absolute Gasteiger partial charge is 0.310 e. The lowest BCUT2D eigenvalue weighted by atomic mass is 10.2. The van der Waals surface area contributed by atoms with Gasteiger partial charge in [0.25, 0.3) is 0 Å². The van der Waals surface area contributed by atoms with E-state index >= 15 is 0 Å². The summed E-state index contributed by atoms with van der Waals surface area (Å²) in [5.74, 6) is 1.81. The van der Waals surface area contributed by atoms with Crippen LogP contribution in [0.15, 0.2) is 47.1 Å². The number of pyridine rings is 1. The predicted octanol–water partition coefficient (Wildman–Crippen LogP) is 4.02. The summed E-state index contributed by atoms with van der Waals surface area (Å²) in [7, 11) is 0. The predicted molar refractivity (Wildman–Crippen MR) is 87.9 cm³/mol. The molecule has 1 N–H and O–H groups in total. The highest BCUT2D eigenvalue weighted by molar-refractivity contribution is 9.10. The number of amides is 1. The van der Waals surface area contributed by atoms with Crippen molar-refractivity contribution in [1.29, 1.82) is 0 Å². The maximum absolute atomic E-state index is 11.8. The molecule has 0 unspecified atom stereocenters. The molecule has 1 aromatic heterocycles. The number of nitrogens with zero attached hydrogens (tertiary/aromatic N) is 1. The van der Waals surface area contributed by atoms with Crippen molar-refractivity contribution in [3.63, 3.8) is 0 Å². The van der Waals surface area contributed by atoms with E-state index in [1.165, 1.54) is 11.1 Å². The van der Waals surface area contributed by atoms with Gasteiger partial charge in [-0.3, -0.25) is 4.79 Å². The van der Waals surface area contributed by atoms with Gasteiger partial charge in [-0.25, -0.2) is 4.98 Å². The lowest BCUT2D eigenvalue weighted by Gasteiger charge is -2.05. The lowest BCUT2D eigenvalue weighted by molar-refractivity contribution is -0.113. The Morgan fingerprint density at radius 3 is 2.90 bits per heavy atom. The van der Waals surface area contributed by atoms with Crippen molar-refractivity contribution in [2.75, 3.05) is 11.1 Å². The highest BCUT2D eigenvalue weighted by Crippen LogP contribution is 2.14. The summed E-state index contributed by atoms with van der Waals surface area (Å²) in [5.41, 5.74) is 2.48. The third kappa shape index (κ3) is 4.98. The monoisotopic (exact) mass is 350 g/mol. The first-order valence-corrected chi connectivity index (χ1v) is 8.13. The average Bonchev–Trinajstić information content (AvgIpc) is 2.41. The van der Waals surface area contributed by atoms with Crippen LogP contribution < -0.4 is 5.32 Å². The number of hydrogen-bond donors (Lipinski definition) is 1. The van der Waals surface area contributed by atoms with E-state index in [-0.39, 0.29) is 5.91 Å². The Hall–Kier alpha value is -1.33. The molecule has 1 aromatic carbocycles. The molecule has 20 heavy (non-hydrogen) atoms. The van der Waals surface area contributed by atoms with Gasteiger partial charge in [-0.2, -0.15) is 0 Å². The Morgan fingerprint density at radius 2 is 2.20 bits per heavy atom. The van der Waals surface area contributed by atoms with Crippen LogP contribution in [0.2, 0.25) is 0 Å².